The van der Waals surface area contributed by atoms with Crippen molar-refractivity contribution in [1.29, 1.82) is 0 Å². The lowest BCUT2D eigenvalue weighted by molar-refractivity contribution is -0.112. The number of pyridine rings is 1. The van der Waals surface area contributed by atoms with E-state index in [9.17, 15) is 14.0 Å². The van der Waals surface area contributed by atoms with E-state index in [-0.39, 0.29) is 6.04 Å². The number of nitrogens with one attached hydrogen (secondary N) is 1. The molecule has 0 radical (unpaired) electrons. The number of aromatic nitrogens is 4. The van der Waals surface area contributed by atoms with Crippen LogP contribution < -0.4 is 19.9 Å². The molecule has 11 heteroatoms. The van der Waals surface area contributed by atoms with E-state index in [2.05, 4.69) is 25.2 Å². The zero-order chi connectivity index (χ0) is 27.1. The first kappa shape index (κ1) is 24.5. The van der Waals surface area contributed by atoms with Crippen molar-refractivity contribution in [3.05, 3.63) is 78.4 Å². The second kappa shape index (κ2) is 9.82. The summed E-state index contributed by atoms with van der Waals surface area (Å²) in [6.45, 7) is 4.33. The summed E-state index contributed by atoms with van der Waals surface area (Å²) in [5, 5.41) is 2.74. The number of Topliss-reactive ketones (excluding diaryl/α,β-unsaturated/α-hetero) is 1. The van der Waals surface area contributed by atoms with Crippen molar-refractivity contribution < 1.29 is 18.7 Å². The molecule has 4 aromatic rings. The third-order valence-corrected chi connectivity index (χ3v) is 7.22. The lowest BCUT2D eigenvalue weighted by Crippen LogP contribution is -2.57. The van der Waals surface area contributed by atoms with Crippen molar-refractivity contribution in [2.45, 2.75) is 13.0 Å². The van der Waals surface area contributed by atoms with Gasteiger partial charge in [-0.15, -0.1) is 0 Å². The molecule has 1 aromatic carbocycles. The van der Waals surface area contributed by atoms with Gasteiger partial charge in [-0.05, 0) is 42.8 Å². The average Bonchev–Trinajstić information content (AvgIpc) is 3.26. The highest BCUT2D eigenvalue weighted by molar-refractivity contribution is 6.47. The van der Waals surface area contributed by atoms with Gasteiger partial charge < -0.3 is 24.4 Å². The van der Waals surface area contributed by atoms with Gasteiger partial charge in [-0.3, -0.25) is 14.6 Å². The number of hydrogen-bond acceptors (Lipinski definition) is 8. The lowest BCUT2D eigenvalue weighted by Gasteiger charge is -2.45. The second-order valence-electron chi connectivity index (χ2n) is 9.61. The minimum absolute atomic E-state index is 0.0640. The summed E-state index contributed by atoms with van der Waals surface area (Å²) >= 11 is 0. The Hall–Kier alpha value is -4.80. The fourth-order valence-electron chi connectivity index (χ4n) is 5.15. The van der Waals surface area contributed by atoms with Crippen LogP contribution in [0.5, 0.6) is 5.75 Å². The zero-order valence-corrected chi connectivity index (χ0v) is 21.5. The topological polar surface area (TPSA) is 105 Å². The molecular weight excluding hydrogens is 501 g/mol. The monoisotopic (exact) mass is 527 g/mol. The first-order valence-electron chi connectivity index (χ1n) is 12.6. The van der Waals surface area contributed by atoms with E-state index in [0.29, 0.717) is 54.9 Å². The molecule has 1 atom stereocenters. The van der Waals surface area contributed by atoms with Gasteiger partial charge in [0, 0.05) is 62.1 Å². The molecule has 2 aliphatic heterocycles. The highest BCUT2D eigenvalue weighted by atomic mass is 19.1. The van der Waals surface area contributed by atoms with Gasteiger partial charge in [0.05, 0.1) is 24.1 Å². The van der Waals surface area contributed by atoms with Gasteiger partial charge in [0.1, 0.15) is 18.1 Å². The number of carbonyl (C=O) groups excluding carboxylic acids is 2. The van der Waals surface area contributed by atoms with Gasteiger partial charge >= 0.3 is 0 Å². The number of nitrogens with zero attached hydrogens (tertiary/aromatic N) is 6. The van der Waals surface area contributed by atoms with E-state index in [1.165, 1.54) is 12.4 Å². The summed E-state index contributed by atoms with van der Waals surface area (Å²) in [6.07, 6.45) is 5.64. The van der Waals surface area contributed by atoms with Crippen LogP contribution in [-0.2, 0) is 11.8 Å². The van der Waals surface area contributed by atoms with Crippen molar-refractivity contribution in [3.8, 4) is 16.9 Å². The van der Waals surface area contributed by atoms with Gasteiger partial charge in [0.15, 0.2) is 5.82 Å². The smallest absolute Gasteiger partial charge is 0.298 e. The fraction of sp³-hybridized carbons (Fsp3) is 0.250. The molecule has 198 valence electrons. The van der Waals surface area contributed by atoms with Gasteiger partial charge in [-0.2, -0.15) is 0 Å². The average molecular weight is 528 g/mol. The van der Waals surface area contributed by atoms with E-state index in [0.717, 1.165) is 16.9 Å². The summed E-state index contributed by atoms with van der Waals surface area (Å²) in [5.74, 6) is -0.701. The number of carbonyl (C=O) groups is 2. The Balaban J connectivity index is 1.18. The molecule has 1 amide bonds. The molecular formula is C28H26FN7O3. The molecule has 0 aliphatic carbocycles. The molecule has 5 heterocycles. The standard InChI is InChI=1S/C28H26FN7O3/c1-17-11-22(18-5-7-30-8-6-18)25(34(17)2)26(37)27(38)33-20-3-4-23-24(12-20)39-16-21-15-35(9-10-36(21)23)28-31-13-19(29)14-32-28/h3-8,11-14,21H,9-10,15-16H2,1-2H3,(H,33,38). The van der Waals surface area contributed by atoms with Crippen molar-refractivity contribution in [2.24, 2.45) is 7.05 Å². The van der Waals surface area contributed by atoms with E-state index in [1.54, 1.807) is 36.1 Å². The molecule has 10 nitrogen and oxygen atoms in total. The van der Waals surface area contributed by atoms with Crippen molar-refractivity contribution >= 4 is 29.0 Å². The summed E-state index contributed by atoms with van der Waals surface area (Å²) in [7, 11) is 1.77. The number of amides is 1. The number of benzene rings is 1. The minimum atomic E-state index is -0.729. The van der Waals surface area contributed by atoms with Gasteiger partial charge in [-0.25, -0.2) is 14.4 Å². The Morgan fingerprint density at radius 1 is 1.08 bits per heavy atom. The van der Waals surface area contributed by atoms with E-state index < -0.39 is 17.5 Å². The van der Waals surface area contributed by atoms with Crippen LogP contribution in [0.1, 0.15) is 16.2 Å². The van der Waals surface area contributed by atoms with Crippen LogP contribution in [0.3, 0.4) is 0 Å². The van der Waals surface area contributed by atoms with Crippen molar-refractivity contribution in [1.82, 2.24) is 19.5 Å². The number of anilines is 3. The third kappa shape index (κ3) is 4.56. The van der Waals surface area contributed by atoms with Crippen LogP contribution in [0.2, 0.25) is 0 Å². The zero-order valence-electron chi connectivity index (χ0n) is 21.5. The number of rotatable bonds is 5. The van der Waals surface area contributed by atoms with Crippen LogP contribution in [-0.4, -0.2) is 63.5 Å². The Bertz CT molecular complexity index is 1560. The molecule has 2 aliphatic rings. The normalized spacial score (nSPS) is 16.2. The second-order valence-corrected chi connectivity index (χ2v) is 9.61. The number of fused-ring (bicyclic) bond motifs is 3. The fourth-order valence-corrected chi connectivity index (χ4v) is 5.15. The van der Waals surface area contributed by atoms with E-state index >= 15 is 0 Å². The number of aryl methyl sites for hydroxylation is 1. The predicted octanol–water partition coefficient (Wildman–Crippen LogP) is 3.23. The Morgan fingerprint density at radius 2 is 1.85 bits per heavy atom. The van der Waals surface area contributed by atoms with E-state index in [4.69, 9.17) is 4.74 Å². The van der Waals surface area contributed by atoms with Crippen LogP contribution in [0.4, 0.5) is 21.7 Å². The first-order valence-corrected chi connectivity index (χ1v) is 12.6. The molecule has 3 aromatic heterocycles. The number of hydrogen-bond donors (Lipinski definition) is 1. The Morgan fingerprint density at radius 3 is 2.62 bits per heavy atom. The van der Waals surface area contributed by atoms with Crippen LogP contribution in [0.15, 0.2) is 61.2 Å². The van der Waals surface area contributed by atoms with Gasteiger partial charge in [0.25, 0.3) is 11.7 Å². The molecule has 0 spiro atoms. The molecule has 1 unspecified atom stereocenters. The van der Waals surface area contributed by atoms with Crippen molar-refractivity contribution in [3.63, 3.8) is 0 Å². The molecule has 39 heavy (non-hydrogen) atoms. The van der Waals surface area contributed by atoms with Gasteiger partial charge in [0.2, 0.25) is 5.95 Å². The maximum absolute atomic E-state index is 13.3. The largest absolute Gasteiger partial charge is 0.489 e. The lowest BCUT2D eigenvalue weighted by atomic mass is 10.0. The molecule has 0 bridgehead atoms. The maximum Gasteiger partial charge on any atom is 0.298 e. The maximum atomic E-state index is 13.3. The number of piperazine rings is 1. The first-order chi connectivity index (χ1) is 18.9. The molecule has 6 rings (SSSR count). The summed E-state index contributed by atoms with van der Waals surface area (Å²) in [4.78, 5) is 42.9. The predicted molar refractivity (Wildman–Crippen MR) is 144 cm³/mol. The van der Waals surface area contributed by atoms with Crippen LogP contribution >= 0.6 is 0 Å². The van der Waals surface area contributed by atoms with Crippen LogP contribution in [0.25, 0.3) is 11.1 Å². The summed E-state index contributed by atoms with van der Waals surface area (Å²) in [6, 6.07) is 11.0. The molecule has 0 saturated carbocycles. The molecule has 1 N–H and O–H groups in total. The quantitative estimate of drug-likeness (QED) is 0.312. The Kier molecular flexibility index (Phi) is 6.18. The van der Waals surface area contributed by atoms with E-state index in [1.807, 2.05) is 36.1 Å². The molecule has 1 fully saturated rings. The summed E-state index contributed by atoms with van der Waals surface area (Å²) < 4.78 is 21.0. The highest BCUT2D eigenvalue weighted by Crippen LogP contribution is 2.38. The number of ether oxygens (including phenoxy) is 1. The minimum Gasteiger partial charge on any atom is -0.489 e. The third-order valence-electron chi connectivity index (χ3n) is 7.22. The highest BCUT2D eigenvalue weighted by Gasteiger charge is 2.34. The SMILES string of the molecule is Cc1cc(-c2ccncc2)c(C(=O)C(=O)Nc2ccc3c(c2)OCC2CN(c4ncc(F)cn4)CCN32)n1C. The van der Waals surface area contributed by atoms with Crippen LogP contribution in [0, 0.1) is 12.7 Å². The Labute approximate surface area is 224 Å². The number of halogens is 1. The molecule has 1 saturated heterocycles. The summed E-state index contributed by atoms with van der Waals surface area (Å²) in [5.41, 5.74) is 4.06. The van der Waals surface area contributed by atoms with Gasteiger partial charge in [-0.1, -0.05) is 0 Å². The van der Waals surface area contributed by atoms with Crippen molar-refractivity contribution in [2.75, 3.05) is 41.4 Å². The number of ketones is 1.